The highest BCUT2D eigenvalue weighted by molar-refractivity contribution is 6.79. The highest BCUT2D eigenvalue weighted by atomic mass is 14.7. The van der Waals surface area contributed by atoms with Gasteiger partial charge in [0.25, 0.3) is 0 Å². The average Bonchev–Trinajstić information content (AvgIpc) is 2.24. The third kappa shape index (κ3) is 1.58. The molecule has 1 rings (SSSR count). The van der Waals surface area contributed by atoms with Crippen LogP contribution in [0.5, 0.6) is 0 Å². The second-order valence-electron chi connectivity index (χ2n) is 1.28. The molecule has 0 aliphatic carbocycles. The van der Waals surface area contributed by atoms with Crippen LogP contribution in [0.3, 0.4) is 0 Å². The van der Waals surface area contributed by atoms with E-state index in [2.05, 4.69) is 4.99 Å². The first kappa shape index (κ1) is 4.63. The Morgan fingerprint density at radius 2 is 2.71 bits per heavy atom. The van der Waals surface area contributed by atoms with Crippen LogP contribution < -0.4 is 0 Å². The van der Waals surface area contributed by atoms with E-state index in [1.165, 1.54) is 7.40 Å². The quantitative estimate of drug-likeness (QED) is 0.402. The summed E-state index contributed by atoms with van der Waals surface area (Å²) >= 11 is 0. The van der Waals surface area contributed by atoms with Gasteiger partial charge in [0.1, 0.15) is 0 Å². The number of aliphatic imine (C=N–C) groups is 1. The molecule has 0 saturated carbocycles. The van der Waals surface area contributed by atoms with Gasteiger partial charge in [-0.25, -0.2) is 0 Å². The highest BCUT2D eigenvalue weighted by Gasteiger charge is 1.91. The molecule has 7 heavy (non-hydrogen) atoms. The predicted molar refractivity (Wildman–Crippen MR) is 34.7 cm³/mol. The van der Waals surface area contributed by atoms with Crippen LogP contribution >= 0.6 is 0 Å². The molecule has 0 fully saturated rings. The zero-order valence-electron chi connectivity index (χ0n) is 5.68. The number of hydrogen-bond acceptors (Lipinski definition) is 1. The van der Waals surface area contributed by atoms with Gasteiger partial charge in [0.05, 0.1) is 0 Å². The van der Waals surface area contributed by atoms with Crippen molar-refractivity contribution < 1.29 is 1.37 Å². The molecule has 0 saturated heterocycles. The molecule has 0 N–H and O–H groups in total. The minimum atomic E-state index is 1.09. The van der Waals surface area contributed by atoms with Crippen LogP contribution in [0.2, 0.25) is 0 Å². The van der Waals surface area contributed by atoms with Gasteiger partial charge < -0.3 is 0 Å². The van der Waals surface area contributed by atoms with Crippen LogP contribution in [-0.2, 0) is 0 Å². The minimum Gasteiger partial charge on any atom is -0.277 e. The summed E-state index contributed by atoms with van der Waals surface area (Å²) in [5.74, 6) is 1.93. The fourth-order valence-electron chi connectivity index (χ4n) is 0.386. The Hall–Kier alpha value is -0.525. The van der Waals surface area contributed by atoms with Gasteiger partial charge in [0.2, 0.25) is 7.28 Å². The Kier molecular flexibility index (Phi) is 1.73. The predicted octanol–water partition coefficient (Wildman–Crippen LogP) is 1.23. The molecule has 0 amide bonds. The van der Waals surface area contributed by atoms with Gasteiger partial charge >= 0.3 is 0 Å². The fourth-order valence-corrected chi connectivity index (χ4v) is 0.386. The van der Waals surface area contributed by atoms with E-state index in [-0.39, 0.29) is 0 Å². The Bertz CT molecular complexity index is 109. The molecule has 0 aromatic rings. The van der Waals surface area contributed by atoms with Crippen LogP contribution in [0.4, 0.5) is 0 Å². The summed E-state index contributed by atoms with van der Waals surface area (Å²) in [5, 5.41) is 0. The lowest BCUT2D eigenvalue weighted by molar-refractivity contribution is 1.60. The van der Waals surface area contributed by atoms with Crippen molar-refractivity contribution in [3.8, 4) is 0 Å². The number of rotatable bonds is 0. The van der Waals surface area contributed by atoms with E-state index in [1.54, 1.807) is 6.20 Å². The summed E-state index contributed by atoms with van der Waals surface area (Å²) in [4.78, 5) is 3.92. The van der Waals surface area contributed by atoms with Gasteiger partial charge in [-0.15, -0.1) is 0 Å². The van der Waals surface area contributed by atoms with Gasteiger partial charge in [-0.05, 0) is 12.5 Å². The van der Waals surface area contributed by atoms with Gasteiger partial charge in [0, 0.05) is 7.57 Å². The summed E-state index contributed by atoms with van der Waals surface area (Å²) in [5.41, 5.74) is 1.09. The Morgan fingerprint density at radius 3 is 2.86 bits per heavy atom. The molecule has 0 spiro atoms. The lowest BCUT2D eigenvalue weighted by atomic mass is 9.75. The standard InChI is InChI=1S/C4H5BN.CH4/c1-4-5-2-3-6-4;/h2-3H,1H3;1H4/i;1T. The molecular formula is C5H9BN. The molecule has 1 radical (unpaired) electrons. The Balaban J connectivity index is 0.000000222. The van der Waals surface area contributed by atoms with Crippen molar-refractivity contribution in [1.82, 2.24) is 0 Å². The molecule has 0 atom stereocenters. The Labute approximate surface area is 46.8 Å². The van der Waals surface area contributed by atoms with Crippen molar-refractivity contribution in [3.63, 3.8) is 0 Å². The van der Waals surface area contributed by atoms with Crippen molar-refractivity contribution in [3.05, 3.63) is 12.2 Å². The summed E-state index contributed by atoms with van der Waals surface area (Å²) < 4.78 is 5.75. The fraction of sp³-hybridized carbons (Fsp3) is 0.400. The minimum absolute atomic E-state index is 1.09. The van der Waals surface area contributed by atoms with Crippen molar-refractivity contribution in [2.24, 2.45) is 4.99 Å². The van der Waals surface area contributed by atoms with Crippen molar-refractivity contribution >= 4 is 12.9 Å². The first-order valence-corrected chi connectivity index (χ1v) is 1.94. The molecule has 1 aliphatic heterocycles. The van der Waals surface area contributed by atoms with Crippen molar-refractivity contribution in [2.45, 2.75) is 14.3 Å². The highest BCUT2D eigenvalue weighted by Crippen LogP contribution is 1.86. The lowest BCUT2D eigenvalue weighted by Gasteiger charge is -1.74. The molecule has 1 aliphatic rings. The van der Waals surface area contributed by atoms with Crippen LogP contribution in [0.1, 0.15) is 15.7 Å². The maximum atomic E-state index is 5.75. The molecule has 1 nitrogen and oxygen atoms in total. The number of hydrogen-bond donors (Lipinski definition) is 0. The zero-order chi connectivity index (χ0) is 6.41. The first-order valence-electron chi connectivity index (χ1n) is 2.94. The summed E-state index contributed by atoms with van der Waals surface area (Å²) in [6, 6.07) is 0. The zero-order valence-corrected chi connectivity index (χ0v) is 4.68. The van der Waals surface area contributed by atoms with E-state index in [0.29, 0.717) is 0 Å². The second-order valence-corrected chi connectivity index (χ2v) is 1.28. The molecule has 37 valence electrons. The molecule has 1 heterocycles. The largest absolute Gasteiger partial charge is 0.277 e. The molecule has 0 bridgehead atoms. The van der Waals surface area contributed by atoms with E-state index in [9.17, 15) is 0 Å². The van der Waals surface area contributed by atoms with Gasteiger partial charge in [-0.2, -0.15) is 0 Å². The van der Waals surface area contributed by atoms with E-state index in [1.807, 2.05) is 20.2 Å². The molecule has 0 unspecified atom stereocenters. The summed E-state index contributed by atoms with van der Waals surface area (Å²) in [6.45, 7) is 1.97. The second kappa shape index (κ2) is 2.62. The third-order valence-corrected chi connectivity index (χ3v) is 0.702. The monoisotopic (exact) mass is 96.1 g/mol. The van der Waals surface area contributed by atoms with Crippen LogP contribution in [0.25, 0.3) is 0 Å². The molecule has 2 heteroatoms. The van der Waals surface area contributed by atoms with Crippen LogP contribution in [-0.4, -0.2) is 12.9 Å². The third-order valence-electron chi connectivity index (χ3n) is 0.702. The summed E-state index contributed by atoms with van der Waals surface area (Å²) in [7, 11) is 3.22. The maximum Gasteiger partial charge on any atom is 0.202 e. The molecule has 0 aromatic heterocycles. The average molecular weight is 96.0 g/mol. The van der Waals surface area contributed by atoms with Crippen LogP contribution in [0.15, 0.2) is 17.2 Å². The first-order chi connectivity index (χ1) is 3.89. The molecular weight excluding hydrogens is 84.9 g/mol. The van der Waals surface area contributed by atoms with Crippen molar-refractivity contribution in [1.29, 1.82) is 0 Å². The smallest absolute Gasteiger partial charge is 0.202 e. The topological polar surface area (TPSA) is 12.4 Å². The van der Waals surface area contributed by atoms with Gasteiger partial charge in [-0.1, -0.05) is 13.4 Å². The number of nitrogens with zero attached hydrogens (tertiary/aromatic N) is 1. The van der Waals surface area contributed by atoms with E-state index in [0.717, 1.165) is 5.61 Å². The lowest BCUT2D eigenvalue weighted by Crippen LogP contribution is -1.93. The van der Waals surface area contributed by atoms with E-state index in [4.69, 9.17) is 1.37 Å². The van der Waals surface area contributed by atoms with Crippen LogP contribution in [0, 0.1) is 0 Å². The van der Waals surface area contributed by atoms with Gasteiger partial charge in [-0.3, -0.25) is 4.99 Å². The van der Waals surface area contributed by atoms with E-state index >= 15 is 0 Å². The summed E-state index contributed by atoms with van der Waals surface area (Å²) in [6.07, 6.45) is 1.79. The van der Waals surface area contributed by atoms with Crippen molar-refractivity contribution in [2.75, 3.05) is 0 Å². The maximum absolute atomic E-state index is 5.75. The van der Waals surface area contributed by atoms with Gasteiger partial charge in [0.15, 0.2) is 0 Å². The molecule has 0 aromatic carbocycles. The van der Waals surface area contributed by atoms with E-state index < -0.39 is 0 Å². The SMILES string of the molecule is CC1=NC=C[B]1.[3H]C. The normalized spacial score (nSPS) is 15.7. The Morgan fingerprint density at radius 1 is 2.00 bits per heavy atom.